The molecule has 0 saturated carbocycles. The molecule has 0 bridgehead atoms. The summed E-state index contributed by atoms with van der Waals surface area (Å²) in [6, 6.07) is 11.4. The van der Waals surface area contributed by atoms with Gasteiger partial charge in [0.25, 0.3) is 11.7 Å². The van der Waals surface area contributed by atoms with Crippen LogP contribution in [0.1, 0.15) is 22.7 Å². The third kappa shape index (κ3) is 3.24. The Kier molecular flexibility index (Phi) is 4.87. The highest BCUT2D eigenvalue weighted by molar-refractivity contribution is 6.51. The van der Waals surface area contributed by atoms with E-state index in [0.717, 1.165) is 28.7 Å². The van der Waals surface area contributed by atoms with E-state index < -0.39 is 35.1 Å². The normalized spacial score (nSPS) is 18.1. The number of carbonyl (C=O) groups excluding carboxylic acids is 2. The van der Waals surface area contributed by atoms with Gasteiger partial charge in [-0.25, -0.2) is 8.78 Å². The molecule has 1 amide bonds. The van der Waals surface area contributed by atoms with Crippen LogP contribution in [0.2, 0.25) is 0 Å². The Hall–Kier alpha value is -3.87. The number of rotatable bonds is 3. The summed E-state index contributed by atoms with van der Waals surface area (Å²) >= 11 is 0. The van der Waals surface area contributed by atoms with E-state index >= 15 is 0 Å². The zero-order chi connectivity index (χ0) is 21.4. The van der Waals surface area contributed by atoms with Crippen LogP contribution >= 0.6 is 0 Å². The summed E-state index contributed by atoms with van der Waals surface area (Å²) in [6.45, 7) is 1.82. The van der Waals surface area contributed by atoms with Crippen LogP contribution in [0.25, 0.3) is 5.76 Å². The first-order valence-corrected chi connectivity index (χ1v) is 9.11. The topological polar surface area (TPSA) is 70.5 Å². The molecule has 30 heavy (non-hydrogen) atoms. The summed E-state index contributed by atoms with van der Waals surface area (Å²) in [7, 11) is 0. The number of pyridine rings is 1. The molecule has 1 aromatic heterocycles. The van der Waals surface area contributed by atoms with Crippen LogP contribution in [-0.4, -0.2) is 21.8 Å². The van der Waals surface area contributed by atoms with E-state index in [1.807, 2.05) is 13.0 Å². The Morgan fingerprint density at radius 2 is 1.77 bits per heavy atom. The number of ketones is 1. The summed E-state index contributed by atoms with van der Waals surface area (Å²) < 4.78 is 28.5. The van der Waals surface area contributed by atoms with Gasteiger partial charge in [0.15, 0.2) is 0 Å². The van der Waals surface area contributed by atoms with Crippen LogP contribution in [0.4, 0.5) is 14.5 Å². The molecule has 150 valence electrons. The predicted molar refractivity (Wildman–Crippen MR) is 107 cm³/mol. The molecule has 1 saturated heterocycles. The Balaban J connectivity index is 2.00. The van der Waals surface area contributed by atoms with Crippen molar-refractivity contribution < 1.29 is 23.5 Å². The van der Waals surface area contributed by atoms with Gasteiger partial charge in [-0.3, -0.25) is 19.5 Å². The molecule has 2 aromatic carbocycles. The van der Waals surface area contributed by atoms with E-state index in [1.54, 1.807) is 18.2 Å². The molecular formula is C23H16F2N2O3. The van der Waals surface area contributed by atoms with Crippen LogP contribution in [0.3, 0.4) is 0 Å². The van der Waals surface area contributed by atoms with Crippen LogP contribution in [-0.2, 0) is 9.59 Å². The monoisotopic (exact) mass is 406 g/mol. The van der Waals surface area contributed by atoms with Gasteiger partial charge < -0.3 is 5.11 Å². The number of Topliss-reactive ketones (excluding diaryl/α,β-unsaturated/α-hetero) is 1. The van der Waals surface area contributed by atoms with E-state index in [-0.39, 0.29) is 16.8 Å². The van der Waals surface area contributed by atoms with E-state index in [4.69, 9.17) is 0 Å². The fourth-order valence-corrected chi connectivity index (χ4v) is 3.57. The molecule has 1 unspecified atom stereocenters. The molecule has 2 heterocycles. The van der Waals surface area contributed by atoms with Crippen molar-refractivity contribution in [2.75, 3.05) is 4.90 Å². The molecule has 1 aliphatic rings. The summed E-state index contributed by atoms with van der Waals surface area (Å²) in [5.41, 5.74) is 1.01. The molecule has 5 nitrogen and oxygen atoms in total. The van der Waals surface area contributed by atoms with Crippen molar-refractivity contribution in [3.63, 3.8) is 0 Å². The van der Waals surface area contributed by atoms with E-state index in [1.165, 1.54) is 24.5 Å². The minimum absolute atomic E-state index is 0.208. The Labute approximate surface area is 170 Å². The molecule has 0 radical (unpaired) electrons. The minimum atomic E-state index is -1.13. The van der Waals surface area contributed by atoms with Gasteiger partial charge in [0.1, 0.15) is 17.4 Å². The zero-order valence-corrected chi connectivity index (χ0v) is 15.8. The second-order valence-corrected chi connectivity index (χ2v) is 6.91. The van der Waals surface area contributed by atoms with Crippen LogP contribution < -0.4 is 4.90 Å². The predicted octanol–water partition coefficient (Wildman–Crippen LogP) is 4.29. The Bertz CT molecular complexity index is 1190. The highest BCUT2D eigenvalue weighted by Crippen LogP contribution is 2.43. The van der Waals surface area contributed by atoms with Crippen molar-refractivity contribution in [2.45, 2.75) is 13.0 Å². The fraction of sp³-hybridized carbons (Fsp3) is 0.0870. The van der Waals surface area contributed by atoms with Crippen molar-refractivity contribution in [3.05, 3.63) is 101 Å². The standard InChI is InChI=1S/C23H16F2N2O3/c1-13-3-2-4-15(11-13)20-19(21(28)14-7-9-26-10-8-14)22(29)23(30)27(20)18-12-16(24)5-6-17(18)25/h2-12,20,28H,1H3/b21-19+. The summed E-state index contributed by atoms with van der Waals surface area (Å²) in [5, 5.41) is 10.9. The van der Waals surface area contributed by atoms with Gasteiger partial charge in [-0.15, -0.1) is 0 Å². The molecule has 0 aliphatic carbocycles. The SMILES string of the molecule is Cc1cccc(C2/C(=C(\O)c3ccncc3)C(=O)C(=O)N2c2cc(F)ccc2F)c1. The minimum Gasteiger partial charge on any atom is -0.507 e. The third-order valence-electron chi connectivity index (χ3n) is 4.92. The number of hydrogen-bond donors (Lipinski definition) is 1. The average molecular weight is 406 g/mol. The second kappa shape index (κ2) is 7.51. The number of aromatic nitrogens is 1. The van der Waals surface area contributed by atoms with Crippen molar-refractivity contribution in [1.82, 2.24) is 4.98 Å². The number of aliphatic hydroxyl groups excluding tert-OH is 1. The third-order valence-corrected chi connectivity index (χ3v) is 4.92. The maximum atomic E-state index is 14.6. The summed E-state index contributed by atoms with van der Waals surface area (Å²) in [6.07, 6.45) is 2.86. The summed E-state index contributed by atoms with van der Waals surface area (Å²) in [5.74, 6) is -4.08. The molecule has 0 spiro atoms. The number of amides is 1. The maximum Gasteiger partial charge on any atom is 0.300 e. The first-order valence-electron chi connectivity index (χ1n) is 9.11. The first kappa shape index (κ1) is 19.4. The van der Waals surface area contributed by atoms with Crippen molar-refractivity contribution in [3.8, 4) is 0 Å². The van der Waals surface area contributed by atoms with Crippen molar-refractivity contribution in [2.24, 2.45) is 0 Å². The Morgan fingerprint density at radius 1 is 1.03 bits per heavy atom. The average Bonchev–Trinajstić information content (AvgIpc) is 3.01. The highest BCUT2D eigenvalue weighted by atomic mass is 19.1. The largest absolute Gasteiger partial charge is 0.507 e. The number of benzene rings is 2. The molecular weight excluding hydrogens is 390 g/mol. The van der Waals surface area contributed by atoms with Gasteiger partial charge in [-0.1, -0.05) is 29.8 Å². The van der Waals surface area contributed by atoms with Gasteiger partial charge in [-0.2, -0.15) is 0 Å². The van der Waals surface area contributed by atoms with Crippen LogP contribution in [0, 0.1) is 18.6 Å². The number of aryl methyl sites for hydroxylation is 1. The number of nitrogens with zero attached hydrogens (tertiary/aromatic N) is 2. The van der Waals surface area contributed by atoms with Crippen molar-refractivity contribution in [1.29, 1.82) is 0 Å². The van der Waals surface area contributed by atoms with Gasteiger partial charge in [0.2, 0.25) is 0 Å². The molecule has 1 N–H and O–H groups in total. The van der Waals surface area contributed by atoms with Crippen LogP contribution in [0.5, 0.6) is 0 Å². The van der Waals surface area contributed by atoms with E-state index in [2.05, 4.69) is 4.98 Å². The number of halogens is 2. The van der Waals surface area contributed by atoms with Gasteiger partial charge in [-0.05, 0) is 36.8 Å². The number of aliphatic hydroxyl groups is 1. The fourth-order valence-electron chi connectivity index (χ4n) is 3.57. The number of hydrogen-bond acceptors (Lipinski definition) is 4. The molecule has 3 aromatic rings. The second-order valence-electron chi connectivity index (χ2n) is 6.91. The van der Waals surface area contributed by atoms with Crippen LogP contribution in [0.15, 0.2) is 72.6 Å². The first-order chi connectivity index (χ1) is 14.4. The molecule has 7 heteroatoms. The molecule has 1 atom stereocenters. The lowest BCUT2D eigenvalue weighted by atomic mass is 9.94. The quantitative estimate of drug-likeness (QED) is 0.400. The highest BCUT2D eigenvalue weighted by Gasteiger charge is 2.47. The molecule has 1 aliphatic heterocycles. The maximum absolute atomic E-state index is 14.6. The van der Waals surface area contributed by atoms with E-state index in [9.17, 15) is 23.5 Å². The van der Waals surface area contributed by atoms with Gasteiger partial charge in [0, 0.05) is 24.0 Å². The lowest BCUT2D eigenvalue weighted by molar-refractivity contribution is -0.132. The number of anilines is 1. The smallest absolute Gasteiger partial charge is 0.300 e. The lowest BCUT2D eigenvalue weighted by Crippen LogP contribution is -2.30. The molecule has 4 rings (SSSR count). The number of carbonyl (C=O) groups is 2. The lowest BCUT2D eigenvalue weighted by Gasteiger charge is -2.26. The van der Waals surface area contributed by atoms with Gasteiger partial charge >= 0.3 is 0 Å². The zero-order valence-electron chi connectivity index (χ0n) is 15.8. The molecule has 1 fully saturated rings. The Morgan fingerprint density at radius 3 is 2.47 bits per heavy atom. The van der Waals surface area contributed by atoms with Crippen molar-refractivity contribution >= 4 is 23.1 Å². The van der Waals surface area contributed by atoms with Gasteiger partial charge in [0.05, 0.1) is 17.3 Å². The van der Waals surface area contributed by atoms with E-state index in [0.29, 0.717) is 5.56 Å². The summed E-state index contributed by atoms with van der Waals surface area (Å²) in [4.78, 5) is 30.6.